The highest BCUT2D eigenvalue weighted by molar-refractivity contribution is 7.89. The SMILES string of the molecule is CCN(CC)S(=O)(=O)c1ccc(CNc2ccc([N+](=O)[O-])c(C(F)(F)F)c2)cc1. The van der Waals surface area contributed by atoms with Gasteiger partial charge in [-0.25, -0.2) is 8.42 Å². The Bertz CT molecular complexity index is 973. The minimum Gasteiger partial charge on any atom is -0.381 e. The summed E-state index contributed by atoms with van der Waals surface area (Å²) < 4.78 is 65.3. The smallest absolute Gasteiger partial charge is 0.381 e. The van der Waals surface area contributed by atoms with Gasteiger partial charge in [0.05, 0.1) is 9.82 Å². The number of alkyl halides is 3. The van der Waals surface area contributed by atoms with Crippen molar-refractivity contribution in [1.82, 2.24) is 4.31 Å². The first-order valence-corrected chi connectivity index (χ1v) is 10.1. The summed E-state index contributed by atoms with van der Waals surface area (Å²) in [4.78, 5) is 9.84. The number of hydrogen-bond acceptors (Lipinski definition) is 5. The lowest BCUT2D eigenvalue weighted by Gasteiger charge is -2.18. The normalized spacial score (nSPS) is 12.2. The molecule has 158 valence electrons. The number of nitrogens with zero attached hydrogens (tertiary/aromatic N) is 2. The predicted molar refractivity (Wildman–Crippen MR) is 102 cm³/mol. The molecular weight excluding hydrogens is 411 g/mol. The van der Waals surface area contributed by atoms with Crippen LogP contribution in [0, 0.1) is 10.1 Å². The topological polar surface area (TPSA) is 92.6 Å². The summed E-state index contributed by atoms with van der Waals surface area (Å²) in [6.45, 7) is 4.26. The Balaban J connectivity index is 2.18. The molecule has 0 aliphatic carbocycles. The molecule has 1 N–H and O–H groups in total. The van der Waals surface area contributed by atoms with Gasteiger partial charge >= 0.3 is 6.18 Å². The maximum Gasteiger partial charge on any atom is 0.423 e. The number of hydrogen-bond donors (Lipinski definition) is 1. The highest BCUT2D eigenvalue weighted by Gasteiger charge is 2.38. The Hall–Kier alpha value is -2.66. The van der Waals surface area contributed by atoms with E-state index in [0.29, 0.717) is 24.7 Å². The predicted octanol–water partition coefficient (Wildman–Crippen LogP) is 4.26. The lowest BCUT2D eigenvalue weighted by atomic mass is 10.1. The number of halogens is 3. The van der Waals surface area contributed by atoms with Gasteiger partial charge in [-0.1, -0.05) is 26.0 Å². The Kier molecular flexibility index (Phi) is 6.85. The fourth-order valence-electron chi connectivity index (χ4n) is 2.73. The van der Waals surface area contributed by atoms with E-state index in [9.17, 15) is 31.7 Å². The van der Waals surface area contributed by atoms with Crippen molar-refractivity contribution in [2.45, 2.75) is 31.5 Å². The molecule has 7 nitrogen and oxygen atoms in total. The third-order valence-corrected chi connectivity index (χ3v) is 6.33. The number of benzene rings is 2. The van der Waals surface area contributed by atoms with Crippen molar-refractivity contribution in [2.75, 3.05) is 18.4 Å². The number of nitro groups is 1. The van der Waals surface area contributed by atoms with Crippen molar-refractivity contribution >= 4 is 21.4 Å². The average Bonchev–Trinajstić information content (AvgIpc) is 2.66. The average molecular weight is 431 g/mol. The third kappa shape index (κ3) is 5.24. The van der Waals surface area contributed by atoms with Crippen LogP contribution in [0.4, 0.5) is 24.5 Å². The minimum absolute atomic E-state index is 0.0581. The van der Waals surface area contributed by atoms with Crippen LogP contribution in [0.25, 0.3) is 0 Å². The van der Waals surface area contributed by atoms with Crippen LogP contribution in [0.15, 0.2) is 47.4 Å². The van der Waals surface area contributed by atoms with Crippen LogP contribution in [0.1, 0.15) is 25.0 Å². The molecule has 0 amide bonds. The van der Waals surface area contributed by atoms with E-state index in [1.54, 1.807) is 26.0 Å². The first-order chi connectivity index (χ1) is 13.5. The minimum atomic E-state index is -4.86. The molecule has 2 aromatic carbocycles. The number of rotatable bonds is 8. The summed E-state index contributed by atoms with van der Waals surface area (Å²) in [5.41, 5.74) is -1.67. The van der Waals surface area contributed by atoms with Crippen LogP contribution in [0.2, 0.25) is 0 Å². The first-order valence-electron chi connectivity index (χ1n) is 8.69. The fraction of sp³-hybridized carbons (Fsp3) is 0.333. The molecule has 0 aliphatic rings. The van der Waals surface area contributed by atoms with Gasteiger partial charge in [0.25, 0.3) is 5.69 Å². The van der Waals surface area contributed by atoms with Gasteiger partial charge < -0.3 is 5.32 Å². The second kappa shape index (κ2) is 8.78. The van der Waals surface area contributed by atoms with Gasteiger partial charge in [-0.3, -0.25) is 10.1 Å². The fourth-order valence-corrected chi connectivity index (χ4v) is 4.19. The summed E-state index contributed by atoms with van der Waals surface area (Å²) in [6, 6.07) is 8.64. The maximum absolute atomic E-state index is 13.0. The summed E-state index contributed by atoms with van der Waals surface area (Å²) >= 11 is 0. The van der Waals surface area contributed by atoms with E-state index in [4.69, 9.17) is 0 Å². The summed E-state index contributed by atoms with van der Waals surface area (Å²) in [5.74, 6) is 0. The lowest BCUT2D eigenvalue weighted by molar-refractivity contribution is -0.388. The van der Waals surface area contributed by atoms with Crippen molar-refractivity contribution in [3.8, 4) is 0 Å². The van der Waals surface area contributed by atoms with E-state index in [0.717, 1.165) is 6.07 Å². The van der Waals surface area contributed by atoms with Crippen LogP contribution in [-0.4, -0.2) is 30.7 Å². The van der Waals surface area contributed by atoms with Crippen LogP contribution >= 0.6 is 0 Å². The van der Waals surface area contributed by atoms with Crippen LogP contribution < -0.4 is 5.32 Å². The van der Waals surface area contributed by atoms with Crippen molar-refractivity contribution in [1.29, 1.82) is 0 Å². The van der Waals surface area contributed by atoms with E-state index < -0.39 is 32.4 Å². The van der Waals surface area contributed by atoms with Gasteiger partial charge in [-0.15, -0.1) is 0 Å². The molecule has 0 bridgehead atoms. The third-order valence-electron chi connectivity index (χ3n) is 4.26. The highest BCUT2D eigenvalue weighted by Crippen LogP contribution is 2.37. The molecule has 0 heterocycles. The largest absolute Gasteiger partial charge is 0.423 e. The van der Waals surface area contributed by atoms with Gasteiger partial charge in [-0.2, -0.15) is 17.5 Å². The molecule has 2 aromatic rings. The van der Waals surface area contributed by atoms with Gasteiger partial charge in [0.15, 0.2) is 0 Å². The van der Waals surface area contributed by atoms with Crippen LogP contribution in [-0.2, 0) is 22.7 Å². The molecule has 0 atom stereocenters. The van der Waals surface area contributed by atoms with Crippen molar-refractivity contribution in [3.63, 3.8) is 0 Å². The van der Waals surface area contributed by atoms with E-state index in [-0.39, 0.29) is 17.1 Å². The summed E-state index contributed by atoms with van der Waals surface area (Å²) in [7, 11) is -3.60. The number of nitro benzene ring substituents is 1. The molecular formula is C18H20F3N3O4S. The second-order valence-corrected chi connectivity index (χ2v) is 8.01. The molecule has 0 aliphatic heterocycles. The summed E-state index contributed by atoms with van der Waals surface area (Å²) in [5, 5.41) is 13.6. The van der Waals surface area contributed by atoms with E-state index in [2.05, 4.69) is 5.32 Å². The van der Waals surface area contributed by atoms with Crippen molar-refractivity contribution < 1.29 is 26.5 Å². The van der Waals surface area contributed by atoms with E-state index in [1.165, 1.54) is 22.5 Å². The molecule has 0 fully saturated rings. The number of sulfonamides is 1. The Morgan fingerprint density at radius 3 is 2.14 bits per heavy atom. The maximum atomic E-state index is 13.0. The van der Waals surface area contributed by atoms with Gasteiger partial charge in [0.2, 0.25) is 10.0 Å². The summed E-state index contributed by atoms with van der Waals surface area (Å²) in [6.07, 6.45) is -4.86. The monoisotopic (exact) mass is 431 g/mol. The van der Waals surface area contributed by atoms with E-state index >= 15 is 0 Å². The molecule has 29 heavy (non-hydrogen) atoms. The van der Waals surface area contributed by atoms with Gasteiger partial charge in [0.1, 0.15) is 5.56 Å². The standard InChI is InChI=1S/C18H20F3N3O4S/c1-3-23(4-2)29(27,28)15-8-5-13(6-9-15)12-22-14-7-10-17(24(25)26)16(11-14)18(19,20)21/h5-11,22H,3-4,12H2,1-2H3. The second-order valence-electron chi connectivity index (χ2n) is 6.07. The zero-order chi connectivity index (χ0) is 21.8. The molecule has 0 saturated heterocycles. The van der Waals surface area contributed by atoms with Crippen molar-refractivity contribution in [2.24, 2.45) is 0 Å². The first kappa shape index (κ1) is 22.6. The number of nitrogens with one attached hydrogen (secondary N) is 1. The lowest BCUT2D eigenvalue weighted by Crippen LogP contribution is -2.30. The highest BCUT2D eigenvalue weighted by atomic mass is 32.2. The van der Waals surface area contributed by atoms with Crippen molar-refractivity contribution in [3.05, 3.63) is 63.7 Å². The molecule has 0 saturated carbocycles. The van der Waals surface area contributed by atoms with Crippen LogP contribution in [0.5, 0.6) is 0 Å². The molecule has 2 rings (SSSR count). The number of anilines is 1. The Morgan fingerprint density at radius 2 is 1.66 bits per heavy atom. The molecule has 0 aromatic heterocycles. The quantitative estimate of drug-likeness (QED) is 0.498. The Morgan fingerprint density at radius 1 is 1.07 bits per heavy atom. The molecule has 11 heteroatoms. The van der Waals surface area contributed by atoms with Crippen LogP contribution in [0.3, 0.4) is 0 Å². The van der Waals surface area contributed by atoms with E-state index in [1.807, 2.05) is 0 Å². The molecule has 0 radical (unpaired) electrons. The Labute approximate surface area is 166 Å². The zero-order valence-corrected chi connectivity index (χ0v) is 16.5. The van der Waals surface area contributed by atoms with Gasteiger partial charge in [-0.05, 0) is 29.8 Å². The molecule has 0 unspecified atom stereocenters. The van der Waals surface area contributed by atoms with Gasteiger partial charge in [0, 0.05) is 31.4 Å². The zero-order valence-electron chi connectivity index (χ0n) is 15.7. The molecule has 0 spiro atoms.